The largest absolute Gasteiger partial charge is 0.249 e. The highest BCUT2D eigenvalue weighted by atomic mass is 32.2. The third-order valence-corrected chi connectivity index (χ3v) is 5.57. The lowest BCUT2D eigenvalue weighted by Gasteiger charge is -2.26. The summed E-state index contributed by atoms with van der Waals surface area (Å²) < 4.78 is 13.2. The van der Waals surface area contributed by atoms with Gasteiger partial charge in [0.05, 0.1) is 22.3 Å². The van der Waals surface area contributed by atoms with Crippen LogP contribution in [-0.4, -0.2) is 4.21 Å². The van der Waals surface area contributed by atoms with Gasteiger partial charge < -0.3 is 0 Å². The van der Waals surface area contributed by atoms with Crippen molar-refractivity contribution in [1.29, 1.82) is 5.26 Å². The second kappa shape index (κ2) is 8.47. The fraction of sp³-hybridized carbons (Fsp3) is 0.227. The van der Waals surface area contributed by atoms with Crippen LogP contribution >= 0.6 is 0 Å². The van der Waals surface area contributed by atoms with E-state index in [1.165, 1.54) is 0 Å². The first-order valence-electron chi connectivity index (χ1n) is 8.07. The number of nitrogens with zero attached hydrogens (tertiary/aromatic N) is 1. The van der Waals surface area contributed by atoms with Crippen LogP contribution in [0.25, 0.3) is 0 Å². The summed E-state index contributed by atoms with van der Waals surface area (Å²) in [4.78, 5) is 1.39. The molecule has 2 aromatic carbocycles. The molecule has 0 amide bonds. The topological polar surface area (TPSA) is 40.9 Å². The lowest BCUT2D eigenvalue weighted by atomic mass is 9.76. The summed E-state index contributed by atoms with van der Waals surface area (Å²) >= 11 is 0. The van der Waals surface area contributed by atoms with E-state index in [1.54, 1.807) is 13.0 Å². The maximum absolute atomic E-state index is 13.2. The molecular formula is C22H21NOS. The van der Waals surface area contributed by atoms with Crippen LogP contribution in [0, 0.1) is 30.1 Å². The molecule has 0 aromatic heterocycles. The highest BCUT2D eigenvalue weighted by Gasteiger charge is 2.34. The Hall–Kier alpha value is -2.62. The zero-order chi connectivity index (χ0) is 18.3. The monoisotopic (exact) mass is 347 g/mol. The molecular weight excluding hydrogens is 326 g/mol. The molecule has 25 heavy (non-hydrogen) atoms. The van der Waals surface area contributed by atoms with Crippen LogP contribution < -0.4 is 0 Å². The van der Waals surface area contributed by atoms with Gasteiger partial charge in [0, 0.05) is 16.2 Å². The number of rotatable bonds is 6. The molecule has 2 nitrogen and oxygen atoms in total. The first-order valence-corrected chi connectivity index (χ1v) is 9.22. The van der Waals surface area contributed by atoms with Gasteiger partial charge in [0.2, 0.25) is 0 Å². The molecule has 2 aromatic rings. The first-order chi connectivity index (χ1) is 12.1. The minimum atomic E-state index is -1.36. The van der Waals surface area contributed by atoms with Crippen LogP contribution in [0.5, 0.6) is 0 Å². The third kappa shape index (κ3) is 4.08. The smallest absolute Gasteiger partial charge is 0.0976 e. The first kappa shape index (κ1) is 18.7. The van der Waals surface area contributed by atoms with Gasteiger partial charge >= 0.3 is 0 Å². The van der Waals surface area contributed by atoms with E-state index in [2.05, 4.69) is 24.5 Å². The van der Waals surface area contributed by atoms with Crippen molar-refractivity contribution < 1.29 is 4.21 Å². The van der Waals surface area contributed by atoms with Gasteiger partial charge in [-0.1, -0.05) is 42.0 Å². The molecule has 126 valence electrons. The van der Waals surface area contributed by atoms with Gasteiger partial charge in [-0.25, -0.2) is 4.21 Å². The highest BCUT2D eigenvalue weighted by molar-refractivity contribution is 7.85. The van der Waals surface area contributed by atoms with Gasteiger partial charge in [0.1, 0.15) is 0 Å². The summed E-state index contributed by atoms with van der Waals surface area (Å²) in [7, 11) is -1.36. The summed E-state index contributed by atoms with van der Waals surface area (Å²) in [5.74, 6) is 5.88. The van der Waals surface area contributed by atoms with E-state index >= 15 is 0 Å². The average Bonchev–Trinajstić information content (AvgIpc) is 2.65. The van der Waals surface area contributed by atoms with Crippen molar-refractivity contribution in [3.05, 3.63) is 72.3 Å². The minimum absolute atomic E-state index is 0.383. The van der Waals surface area contributed by atoms with E-state index in [0.717, 1.165) is 16.0 Å². The van der Waals surface area contributed by atoms with E-state index in [0.29, 0.717) is 17.7 Å². The quantitative estimate of drug-likeness (QED) is 0.550. The summed E-state index contributed by atoms with van der Waals surface area (Å²) in [6.07, 6.45) is 2.57. The number of hydrogen-bond acceptors (Lipinski definition) is 2. The number of aryl methyl sites for hydroxylation is 1. The molecule has 0 saturated carbocycles. The van der Waals surface area contributed by atoms with Gasteiger partial charge in [-0.3, -0.25) is 0 Å². The number of nitriles is 1. The Labute approximate surface area is 152 Å². The molecule has 0 spiro atoms. The minimum Gasteiger partial charge on any atom is -0.249 e. The fourth-order valence-electron chi connectivity index (χ4n) is 2.72. The molecule has 0 unspecified atom stereocenters. The van der Waals surface area contributed by atoms with Crippen molar-refractivity contribution >= 4 is 10.8 Å². The zero-order valence-corrected chi connectivity index (χ0v) is 15.4. The van der Waals surface area contributed by atoms with E-state index in [4.69, 9.17) is 0 Å². The van der Waals surface area contributed by atoms with Gasteiger partial charge in [-0.2, -0.15) is 5.26 Å². The van der Waals surface area contributed by atoms with E-state index in [1.807, 2.05) is 55.5 Å². The second-order valence-corrected chi connectivity index (χ2v) is 7.32. The standard InChI is InChI=1S/C22H21NOS/c1-4-6-16-22(17-23,15-5-2)20-9-7-8-10-21(20)25(24)19-13-11-18(3)12-14-19/h5,7-14H,2,15-16H2,1,3H3/t22-,25+/m1/s1. The van der Waals surface area contributed by atoms with Gasteiger partial charge in [0.25, 0.3) is 0 Å². The normalized spacial score (nSPS) is 13.6. The van der Waals surface area contributed by atoms with Crippen molar-refractivity contribution in [1.82, 2.24) is 0 Å². The van der Waals surface area contributed by atoms with Gasteiger partial charge in [-0.05, 0) is 44.0 Å². The predicted molar refractivity (Wildman–Crippen MR) is 102 cm³/mol. The Bertz CT molecular complexity index is 881. The fourth-order valence-corrected chi connectivity index (χ4v) is 4.02. The van der Waals surface area contributed by atoms with Crippen LogP contribution in [-0.2, 0) is 16.2 Å². The summed E-state index contributed by atoms with van der Waals surface area (Å²) in [6, 6.07) is 17.5. The van der Waals surface area contributed by atoms with Crippen LogP contribution in [0.1, 0.15) is 30.9 Å². The van der Waals surface area contributed by atoms with Crippen molar-refractivity contribution in [2.75, 3.05) is 0 Å². The molecule has 2 rings (SSSR count). The molecule has 2 atom stereocenters. The maximum atomic E-state index is 13.2. The van der Waals surface area contributed by atoms with E-state index in [-0.39, 0.29) is 0 Å². The van der Waals surface area contributed by atoms with Crippen molar-refractivity contribution in [2.45, 2.75) is 41.9 Å². The molecule has 0 aliphatic heterocycles. The van der Waals surface area contributed by atoms with Crippen molar-refractivity contribution in [3.8, 4) is 17.9 Å². The molecule has 3 heteroatoms. The highest BCUT2D eigenvalue weighted by Crippen LogP contribution is 2.36. The zero-order valence-electron chi connectivity index (χ0n) is 14.6. The lowest BCUT2D eigenvalue weighted by Crippen LogP contribution is -2.25. The SMILES string of the molecule is C=CC[C@](C#N)(CC#CC)c1ccccc1[S@@](=O)c1ccc(C)cc1. The van der Waals surface area contributed by atoms with Crippen LogP contribution in [0.2, 0.25) is 0 Å². The van der Waals surface area contributed by atoms with Crippen LogP contribution in [0.15, 0.2) is 71.0 Å². The average molecular weight is 347 g/mol. The summed E-state index contributed by atoms with van der Waals surface area (Å²) in [5, 5.41) is 9.94. The van der Waals surface area contributed by atoms with Gasteiger partial charge in [0.15, 0.2) is 0 Å². The Morgan fingerprint density at radius 3 is 2.48 bits per heavy atom. The van der Waals surface area contributed by atoms with Crippen molar-refractivity contribution in [2.24, 2.45) is 0 Å². The summed E-state index contributed by atoms with van der Waals surface area (Å²) in [5.41, 5.74) is 1.03. The second-order valence-electron chi connectivity index (χ2n) is 5.87. The van der Waals surface area contributed by atoms with Gasteiger partial charge in [-0.15, -0.1) is 18.4 Å². The molecule has 0 bridgehead atoms. The number of allylic oxidation sites excluding steroid dienone is 1. The van der Waals surface area contributed by atoms with Crippen molar-refractivity contribution in [3.63, 3.8) is 0 Å². The third-order valence-electron chi connectivity index (χ3n) is 4.11. The lowest BCUT2D eigenvalue weighted by molar-refractivity contribution is 0.561. The molecule has 0 saturated heterocycles. The van der Waals surface area contributed by atoms with E-state index in [9.17, 15) is 9.47 Å². The number of hydrogen-bond donors (Lipinski definition) is 0. The number of benzene rings is 2. The molecule has 0 aliphatic carbocycles. The maximum Gasteiger partial charge on any atom is 0.0976 e. The molecule has 0 radical (unpaired) electrons. The Balaban J connectivity index is 2.60. The predicted octanol–water partition coefficient (Wildman–Crippen LogP) is 4.91. The molecule has 0 N–H and O–H groups in total. The Morgan fingerprint density at radius 1 is 1.20 bits per heavy atom. The van der Waals surface area contributed by atoms with Crippen LogP contribution in [0.3, 0.4) is 0 Å². The summed E-state index contributed by atoms with van der Waals surface area (Å²) in [6.45, 7) is 7.55. The molecule has 0 heterocycles. The van der Waals surface area contributed by atoms with Crippen LogP contribution in [0.4, 0.5) is 0 Å². The molecule has 0 aliphatic rings. The Morgan fingerprint density at radius 2 is 1.88 bits per heavy atom. The molecule has 0 fully saturated rings. The Kier molecular flexibility index (Phi) is 6.34. The van der Waals surface area contributed by atoms with E-state index < -0.39 is 16.2 Å².